The molecular weight excluding hydrogens is 447 g/mol. The first-order chi connectivity index (χ1) is 15.1. The van der Waals surface area contributed by atoms with Crippen LogP contribution in [0.4, 0.5) is 18.9 Å². The van der Waals surface area contributed by atoms with Crippen molar-refractivity contribution >= 4 is 17.3 Å². The molecule has 3 aromatic rings. The average Bonchev–Trinajstić information content (AvgIpc) is 2.76. The van der Waals surface area contributed by atoms with E-state index in [0.717, 1.165) is 28.1 Å². The molecule has 1 atom stereocenters. The molecule has 1 aromatic carbocycles. The van der Waals surface area contributed by atoms with E-state index in [1.54, 1.807) is 7.11 Å². The largest absolute Gasteiger partial charge is 0.497 e. The molecule has 170 valence electrons. The summed E-state index contributed by atoms with van der Waals surface area (Å²) in [6.45, 7) is 0.406. The van der Waals surface area contributed by atoms with Gasteiger partial charge in [-0.25, -0.2) is 4.98 Å². The molecule has 3 rings (SSSR count). The number of nitrogens with one attached hydrogen (secondary N) is 1. The van der Waals surface area contributed by atoms with Crippen LogP contribution < -0.4 is 15.6 Å². The van der Waals surface area contributed by atoms with Gasteiger partial charge in [-0.3, -0.25) is 4.79 Å². The first-order valence-corrected chi connectivity index (χ1v) is 9.85. The highest BCUT2D eigenvalue weighted by molar-refractivity contribution is 6.32. The van der Waals surface area contributed by atoms with Gasteiger partial charge in [-0.15, -0.1) is 0 Å². The second-order valence-electron chi connectivity index (χ2n) is 7.13. The lowest BCUT2D eigenvalue weighted by Crippen LogP contribution is -2.28. The second-order valence-corrected chi connectivity index (χ2v) is 7.51. The SMILES string of the molecule is COc1cccc(C(CNc2cnn(-c3ccc(C(F)(F)F)cn3)c(=O)c2Cl)N(C)C)c1. The Morgan fingerprint density at radius 3 is 2.56 bits per heavy atom. The minimum atomic E-state index is -4.53. The number of hydrogen-bond donors (Lipinski definition) is 1. The van der Waals surface area contributed by atoms with Gasteiger partial charge in [0, 0.05) is 12.7 Å². The summed E-state index contributed by atoms with van der Waals surface area (Å²) in [5.74, 6) is 0.652. The van der Waals surface area contributed by atoms with Gasteiger partial charge in [0.1, 0.15) is 10.8 Å². The molecule has 0 bridgehead atoms. The Hall–Kier alpha value is -3.11. The van der Waals surface area contributed by atoms with Gasteiger partial charge in [0.05, 0.1) is 30.6 Å². The number of likely N-dealkylation sites (N-methyl/N-ethyl adjacent to an activating group) is 1. The smallest absolute Gasteiger partial charge is 0.417 e. The van der Waals surface area contributed by atoms with Crippen molar-refractivity contribution in [3.63, 3.8) is 0 Å². The first-order valence-electron chi connectivity index (χ1n) is 9.47. The number of halogens is 4. The summed E-state index contributed by atoms with van der Waals surface area (Å²) in [4.78, 5) is 18.3. The summed E-state index contributed by atoms with van der Waals surface area (Å²) in [6.07, 6.45) is -2.55. The summed E-state index contributed by atoms with van der Waals surface area (Å²) in [5, 5.41) is 6.98. The number of aromatic nitrogens is 3. The predicted molar refractivity (Wildman–Crippen MR) is 116 cm³/mol. The molecule has 0 aliphatic heterocycles. The Labute approximate surface area is 187 Å². The molecule has 0 fully saturated rings. The van der Waals surface area contributed by atoms with Gasteiger partial charge in [-0.05, 0) is 43.9 Å². The summed E-state index contributed by atoms with van der Waals surface area (Å²) in [5.41, 5.74) is -0.333. The van der Waals surface area contributed by atoms with E-state index in [0.29, 0.717) is 18.4 Å². The van der Waals surface area contributed by atoms with E-state index in [4.69, 9.17) is 16.3 Å². The quantitative estimate of drug-likeness (QED) is 0.566. The molecule has 1 N–H and O–H groups in total. The van der Waals surface area contributed by atoms with Crippen molar-refractivity contribution in [2.24, 2.45) is 0 Å². The second kappa shape index (κ2) is 9.58. The standard InChI is InChI=1S/C21H21ClF3N5O2/c1-29(2)17(13-5-4-6-15(9-13)32-3)12-26-16-11-28-30(20(31)19(16)22)18-8-7-14(10-27-18)21(23,24)25/h4-11,17,26H,12H2,1-3H3. The van der Waals surface area contributed by atoms with Gasteiger partial charge in [0.2, 0.25) is 0 Å². The number of ether oxygens (including phenoxy) is 1. The fraction of sp³-hybridized carbons (Fsp3) is 0.286. The molecule has 1 unspecified atom stereocenters. The minimum absolute atomic E-state index is 0.0693. The molecule has 2 heterocycles. The summed E-state index contributed by atoms with van der Waals surface area (Å²) in [7, 11) is 5.42. The van der Waals surface area contributed by atoms with Crippen LogP contribution in [0.15, 0.2) is 53.6 Å². The highest BCUT2D eigenvalue weighted by Crippen LogP contribution is 2.29. The van der Waals surface area contributed by atoms with Crippen molar-refractivity contribution in [2.75, 3.05) is 33.1 Å². The van der Waals surface area contributed by atoms with Crippen molar-refractivity contribution in [3.05, 3.63) is 75.3 Å². The zero-order chi connectivity index (χ0) is 23.5. The van der Waals surface area contributed by atoms with Crippen molar-refractivity contribution < 1.29 is 17.9 Å². The topological polar surface area (TPSA) is 72.3 Å². The molecule has 0 spiro atoms. The lowest BCUT2D eigenvalue weighted by Gasteiger charge is -2.26. The third kappa shape index (κ3) is 5.20. The Balaban J connectivity index is 1.82. The normalized spacial score (nSPS) is 12.6. The van der Waals surface area contributed by atoms with Crippen LogP contribution in [-0.4, -0.2) is 47.4 Å². The van der Waals surface area contributed by atoms with Crippen molar-refractivity contribution in [3.8, 4) is 11.6 Å². The molecule has 0 saturated heterocycles. The van der Waals surface area contributed by atoms with E-state index in [9.17, 15) is 18.0 Å². The first kappa shape index (κ1) is 23.6. The highest BCUT2D eigenvalue weighted by Gasteiger charge is 2.30. The summed E-state index contributed by atoms with van der Waals surface area (Å²) >= 11 is 6.23. The third-order valence-electron chi connectivity index (χ3n) is 4.80. The van der Waals surface area contributed by atoms with Crippen LogP contribution in [0.1, 0.15) is 17.2 Å². The Morgan fingerprint density at radius 1 is 1.22 bits per heavy atom. The predicted octanol–water partition coefficient (Wildman–Crippen LogP) is 4.02. The van der Waals surface area contributed by atoms with E-state index >= 15 is 0 Å². The Kier molecular flexibility index (Phi) is 7.05. The van der Waals surface area contributed by atoms with E-state index in [-0.39, 0.29) is 16.9 Å². The molecule has 0 amide bonds. The molecule has 0 aliphatic rings. The molecule has 0 saturated carbocycles. The van der Waals surface area contributed by atoms with E-state index in [1.807, 2.05) is 43.3 Å². The van der Waals surface area contributed by atoms with Crippen molar-refractivity contribution in [2.45, 2.75) is 12.2 Å². The number of rotatable bonds is 7. The number of benzene rings is 1. The average molecular weight is 468 g/mol. The van der Waals surface area contributed by atoms with Gasteiger partial charge in [0.25, 0.3) is 5.56 Å². The van der Waals surface area contributed by atoms with Crippen molar-refractivity contribution in [1.29, 1.82) is 0 Å². The van der Waals surface area contributed by atoms with Gasteiger partial charge in [-0.2, -0.15) is 23.0 Å². The lowest BCUT2D eigenvalue weighted by atomic mass is 10.1. The van der Waals surface area contributed by atoms with Crippen LogP contribution in [0.25, 0.3) is 5.82 Å². The molecule has 11 heteroatoms. The van der Waals surface area contributed by atoms with Gasteiger partial charge in [0.15, 0.2) is 5.82 Å². The summed E-state index contributed by atoms with van der Waals surface area (Å²) in [6, 6.07) is 9.43. The van der Waals surface area contributed by atoms with Crippen LogP contribution in [0, 0.1) is 0 Å². The molecule has 0 radical (unpaired) electrons. The third-order valence-corrected chi connectivity index (χ3v) is 5.16. The van der Waals surface area contributed by atoms with Crippen LogP contribution >= 0.6 is 11.6 Å². The number of methoxy groups -OCH3 is 1. The number of nitrogens with zero attached hydrogens (tertiary/aromatic N) is 4. The lowest BCUT2D eigenvalue weighted by molar-refractivity contribution is -0.137. The zero-order valence-corrected chi connectivity index (χ0v) is 18.3. The van der Waals surface area contributed by atoms with Gasteiger partial charge >= 0.3 is 6.18 Å². The Morgan fingerprint density at radius 2 is 1.97 bits per heavy atom. The van der Waals surface area contributed by atoms with Crippen molar-refractivity contribution in [1.82, 2.24) is 19.7 Å². The zero-order valence-electron chi connectivity index (χ0n) is 17.5. The molecule has 32 heavy (non-hydrogen) atoms. The molecule has 0 aliphatic carbocycles. The van der Waals surface area contributed by atoms with Crippen LogP contribution in [0.5, 0.6) is 5.75 Å². The fourth-order valence-electron chi connectivity index (χ4n) is 3.05. The maximum atomic E-state index is 12.7. The number of hydrogen-bond acceptors (Lipinski definition) is 6. The molecular formula is C21H21ClF3N5O2. The molecule has 7 nitrogen and oxygen atoms in total. The number of pyridine rings is 1. The van der Waals surface area contributed by atoms with E-state index < -0.39 is 17.3 Å². The van der Waals surface area contributed by atoms with Gasteiger partial charge < -0.3 is 15.0 Å². The fourth-order valence-corrected chi connectivity index (χ4v) is 3.25. The number of alkyl halides is 3. The maximum absolute atomic E-state index is 12.7. The minimum Gasteiger partial charge on any atom is -0.497 e. The van der Waals surface area contributed by atoms with E-state index in [2.05, 4.69) is 15.4 Å². The van der Waals surface area contributed by atoms with Gasteiger partial charge in [-0.1, -0.05) is 23.7 Å². The monoisotopic (exact) mass is 467 g/mol. The Bertz CT molecular complexity index is 1130. The summed E-state index contributed by atoms with van der Waals surface area (Å²) < 4.78 is 44.3. The maximum Gasteiger partial charge on any atom is 0.417 e. The highest BCUT2D eigenvalue weighted by atomic mass is 35.5. The molecule has 2 aromatic heterocycles. The van der Waals surface area contributed by atoms with E-state index in [1.165, 1.54) is 6.20 Å². The van der Waals surface area contributed by atoms with Crippen LogP contribution in [0.2, 0.25) is 5.02 Å². The van der Waals surface area contributed by atoms with Crippen LogP contribution in [0.3, 0.4) is 0 Å². The van der Waals surface area contributed by atoms with Crippen LogP contribution in [-0.2, 0) is 6.18 Å². The number of anilines is 1.